The zero-order valence-electron chi connectivity index (χ0n) is 20.4. The highest BCUT2D eigenvalue weighted by atomic mass is 15.1. The monoisotopic (exact) mass is 461 g/mol. The van der Waals surface area contributed by atoms with E-state index in [9.17, 15) is 5.41 Å². The maximum absolute atomic E-state index is 9.26. The normalized spacial score (nSPS) is 11.4. The second-order valence-corrected chi connectivity index (χ2v) is 9.17. The average Bonchev–Trinajstić information content (AvgIpc) is 3.21. The van der Waals surface area contributed by atoms with E-state index in [1.807, 2.05) is 29.1 Å². The van der Waals surface area contributed by atoms with Gasteiger partial charge < -0.3 is 14.0 Å². The molecule has 5 heteroatoms. The summed E-state index contributed by atoms with van der Waals surface area (Å²) in [4.78, 5) is 7.14. The second kappa shape index (κ2) is 10.1. The molecule has 5 aromatic rings. The van der Waals surface area contributed by atoms with Crippen LogP contribution in [0.15, 0.2) is 97.3 Å². The van der Waals surface area contributed by atoms with Gasteiger partial charge in [0, 0.05) is 18.7 Å². The van der Waals surface area contributed by atoms with Crippen LogP contribution in [0.1, 0.15) is 12.0 Å². The van der Waals surface area contributed by atoms with Crippen molar-refractivity contribution in [3.8, 4) is 22.4 Å². The standard InChI is InChI=1S/C30H31N5/c1-33(2)19-12-20-34-22-32-30-27(29(34)31)26(24-15-8-4-9-16-24)28(25-17-10-5-11-18-25)35(30)21-23-13-6-3-7-14-23/h3-11,13-18,22,31H,12,19-21H2,1-2H3. The van der Waals surface area contributed by atoms with Crippen molar-refractivity contribution < 1.29 is 0 Å². The number of rotatable bonds is 8. The van der Waals surface area contributed by atoms with Crippen molar-refractivity contribution in [3.63, 3.8) is 0 Å². The summed E-state index contributed by atoms with van der Waals surface area (Å²) in [5, 5.41) is 10.2. The topological polar surface area (TPSA) is 49.8 Å². The van der Waals surface area contributed by atoms with Crippen LogP contribution in [-0.2, 0) is 13.1 Å². The summed E-state index contributed by atoms with van der Waals surface area (Å²) in [6, 6.07) is 31.4. The largest absolute Gasteiger partial charge is 0.320 e. The molecule has 1 N–H and O–H groups in total. The average molecular weight is 462 g/mol. The molecule has 0 bridgehead atoms. The Bertz CT molecular complexity index is 1470. The van der Waals surface area contributed by atoms with E-state index >= 15 is 0 Å². The van der Waals surface area contributed by atoms with Crippen molar-refractivity contribution in [1.82, 2.24) is 19.0 Å². The quantitative estimate of drug-likeness (QED) is 0.325. The van der Waals surface area contributed by atoms with Crippen molar-refractivity contribution in [2.24, 2.45) is 0 Å². The lowest BCUT2D eigenvalue weighted by Gasteiger charge is -2.13. The van der Waals surface area contributed by atoms with Gasteiger partial charge in [-0.25, -0.2) is 4.98 Å². The Morgan fingerprint density at radius 2 is 1.40 bits per heavy atom. The van der Waals surface area contributed by atoms with Gasteiger partial charge in [-0.15, -0.1) is 0 Å². The number of hydrogen-bond acceptors (Lipinski definition) is 3. The maximum Gasteiger partial charge on any atom is 0.146 e. The number of benzene rings is 3. The van der Waals surface area contributed by atoms with Gasteiger partial charge >= 0.3 is 0 Å². The Kier molecular flexibility index (Phi) is 6.59. The Labute approximate surface area is 206 Å². The van der Waals surface area contributed by atoms with Crippen molar-refractivity contribution in [3.05, 3.63) is 108 Å². The first-order chi connectivity index (χ1) is 17.1. The predicted molar refractivity (Wildman–Crippen MR) is 143 cm³/mol. The number of fused-ring (bicyclic) bond motifs is 1. The molecular formula is C30H31N5. The molecule has 35 heavy (non-hydrogen) atoms. The molecule has 0 aliphatic heterocycles. The van der Waals surface area contributed by atoms with Crippen LogP contribution in [-0.4, -0.2) is 39.7 Å². The van der Waals surface area contributed by atoms with Crippen LogP contribution in [0.4, 0.5) is 0 Å². The summed E-state index contributed by atoms with van der Waals surface area (Å²) < 4.78 is 4.27. The van der Waals surface area contributed by atoms with Crippen molar-refractivity contribution in [1.29, 1.82) is 5.41 Å². The predicted octanol–water partition coefficient (Wildman–Crippen LogP) is 5.65. The zero-order chi connectivity index (χ0) is 24.2. The van der Waals surface area contributed by atoms with Crippen LogP contribution in [0, 0.1) is 5.41 Å². The van der Waals surface area contributed by atoms with Crippen LogP contribution < -0.4 is 5.49 Å². The summed E-state index contributed by atoms with van der Waals surface area (Å²) >= 11 is 0. The summed E-state index contributed by atoms with van der Waals surface area (Å²) in [5.41, 5.74) is 6.96. The smallest absolute Gasteiger partial charge is 0.146 e. The Morgan fingerprint density at radius 3 is 2.03 bits per heavy atom. The molecule has 0 saturated carbocycles. The molecule has 2 heterocycles. The van der Waals surface area contributed by atoms with Crippen molar-refractivity contribution in [2.75, 3.05) is 20.6 Å². The van der Waals surface area contributed by atoms with Crippen molar-refractivity contribution >= 4 is 11.0 Å². The van der Waals surface area contributed by atoms with Gasteiger partial charge in [0.15, 0.2) is 0 Å². The molecule has 0 fully saturated rings. The molecule has 2 aromatic heterocycles. The summed E-state index contributed by atoms with van der Waals surface area (Å²) in [7, 11) is 4.16. The van der Waals surface area contributed by atoms with Crippen LogP contribution in [0.5, 0.6) is 0 Å². The van der Waals surface area contributed by atoms with E-state index in [0.29, 0.717) is 12.0 Å². The van der Waals surface area contributed by atoms with E-state index in [0.717, 1.165) is 52.9 Å². The molecule has 0 saturated heterocycles. The van der Waals surface area contributed by atoms with Crippen LogP contribution in [0.25, 0.3) is 33.4 Å². The molecule has 0 spiro atoms. The maximum atomic E-state index is 9.26. The van der Waals surface area contributed by atoms with Gasteiger partial charge in [-0.2, -0.15) is 0 Å². The fourth-order valence-corrected chi connectivity index (χ4v) is 4.72. The number of hydrogen-bond donors (Lipinski definition) is 1. The highest BCUT2D eigenvalue weighted by Crippen LogP contribution is 2.39. The van der Waals surface area contributed by atoms with Crippen LogP contribution in [0.2, 0.25) is 0 Å². The molecule has 3 aromatic carbocycles. The lowest BCUT2D eigenvalue weighted by molar-refractivity contribution is 0.383. The minimum absolute atomic E-state index is 0.511. The van der Waals surface area contributed by atoms with E-state index in [2.05, 4.69) is 96.4 Å². The molecule has 0 aliphatic rings. The first-order valence-electron chi connectivity index (χ1n) is 12.1. The summed E-state index contributed by atoms with van der Waals surface area (Å²) in [6.07, 6.45) is 2.80. The highest BCUT2D eigenvalue weighted by Gasteiger charge is 2.23. The summed E-state index contributed by atoms with van der Waals surface area (Å²) in [5.74, 6) is 0. The first-order valence-corrected chi connectivity index (χ1v) is 12.1. The van der Waals surface area contributed by atoms with Gasteiger partial charge in [0.2, 0.25) is 0 Å². The third-order valence-electron chi connectivity index (χ3n) is 6.38. The van der Waals surface area contributed by atoms with Gasteiger partial charge in [-0.05, 0) is 43.8 Å². The van der Waals surface area contributed by atoms with E-state index < -0.39 is 0 Å². The zero-order valence-corrected chi connectivity index (χ0v) is 20.4. The Hall–Kier alpha value is -3.96. The molecule has 0 aliphatic carbocycles. The fraction of sp³-hybridized carbons (Fsp3) is 0.200. The highest BCUT2D eigenvalue weighted by molar-refractivity contribution is 6.02. The number of nitrogens with zero attached hydrogens (tertiary/aromatic N) is 4. The van der Waals surface area contributed by atoms with E-state index in [1.54, 1.807) is 0 Å². The minimum Gasteiger partial charge on any atom is -0.320 e. The van der Waals surface area contributed by atoms with Gasteiger partial charge in [0.05, 0.1) is 17.4 Å². The fourth-order valence-electron chi connectivity index (χ4n) is 4.72. The Balaban J connectivity index is 1.80. The van der Waals surface area contributed by atoms with Gasteiger partial charge in [0.25, 0.3) is 0 Å². The van der Waals surface area contributed by atoms with Crippen LogP contribution in [0.3, 0.4) is 0 Å². The third kappa shape index (κ3) is 4.68. The van der Waals surface area contributed by atoms with Gasteiger partial charge in [-0.3, -0.25) is 5.41 Å². The summed E-state index contributed by atoms with van der Waals surface area (Å²) in [6.45, 7) is 2.42. The van der Waals surface area contributed by atoms with Gasteiger partial charge in [0.1, 0.15) is 11.1 Å². The Morgan fingerprint density at radius 1 is 0.800 bits per heavy atom. The molecule has 5 rings (SSSR count). The lowest BCUT2D eigenvalue weighted by Crippen LogP contribution is -2.23. The number of aromatic nitrogens is 3. The molecule has 0 amide bonds. The van der Waals surface area contributed by atoms with Crippen molar-refractivity contribution in [2.45, 2.75) is 19.5 Å². The van der Waals surface area contributed by atoms with E-state index in [1.165, 1.54) is 5.56 Å². The second-order valence-electron chi connectivity index (χ2n) is 9.17. The number of nitrogens with one attached hydrogen (secondary N) is 1. The van der Waals surface area contributed by atoms with E-state index in [4.69, 9.17) is 4.98 Å². The third-order valence-corrected chi connectivity index (χ3v) is 6.38. The SMILES string of the molecule is CN(C)CCCn1cnc2c(c(-c3ccccc3)c(-c3ccccc3)n2Cc2ccccc2)c1=N. The first kappa shape index (κ1) is 22.8. The number of aryl methyl sites for hydroxylation is 1. The minimum atomic E-state index is 0.511. The van der Waals surface area contributed by atoms with Gasteiger partial charge in [-0.1, -0.05) is 91.0 Å². The molecule has 0 unspecified atom stereocenters. The molecular weight excluding hydrogens is 430 g/mol. The molecule has 5 nitrogen and oxygen atoms in total. The lowest BCUT2D eigenvalue weighted by atomic mass is 9.99. The van der Waals surface area contributed by atoms with Crippen LogP contribution >= 0.6 is 0 Å². The molecule has 0 atom stereocenters. The van der Waals surface area contributed by atoms with E-state index in [-0.39, 0.29) is 0 Å². The molecule has 0 radical (unpaired) electrons. The molecule has 176 valence electrons.